The molecule has 0 amide bonds. The summed E-state index contributed by atoms with van der Waals surface area (Å²) in [6.07, 6.45) is 1.35. The number of ether oxygens (including phenoxy) is 5. The summed E-state index contributed by atoms with van der Waals surface area (Å²) in [4.78, 5) is 4.26. The second kappa shape index (κ2) is 8.39. The number of nitrogens with zero attached hydrogens (tertiary/aromatic N) is 1. The van der Waals surface area contributed by atoms with E-state index in [0.717, 1.165) is 5.56 Å². The molecule has 0 atom stereocenters. The van der Waals surface area contributed by atoms with E-state index < -0.39 is 0 Å². The maximum Gasteiger partial charge on any atom is 0.203 e. The lowest BCUT2D eigenvalue weighted by molar-refractivity contribution is -0.0936. The van der Waals surface area contributed by atoms with E-state index in [4.69, 9.17) is 23.7 Å². The molecule has 0 fully saturated rings. The monoisotopic (exact) mass is 283 g/mol. The van der Waals surface area contributed by atoms with Crippen molar-refractivity contribution in [3.8, 4) is 17.2 Å². The molecular formula is C14H21NO5. The van der Waals surface area contributed by atoms with Gasteiger partial charge in [0, 0.05) is 20.4 Å². The van der Waals surface area contributed by atoms with Gasteiger partial charge in [0.1, 0.15) is 0 Å². The summed E-state index contributed by atoms with van der Waals surface area (Å²) in [5.41, 5.74) is 0.838. The van der Waals surface area contributed by atoms with Crippen LogP contribution in [-0.4, -0.2) is 54.6 Å². The summed E-state index contributed by atoms with van der Waals surface area (Å²) >= 11 is 0. The molecule has 0 saturated carbocycles. The highest BCUT2D eigenvalue weighted by atomic mass is 16.7. The van der Waals surface area contributed by atoms with Crippen LogP contribution in [0.2, 0.25) is 0 Å². The number of methoxy groups -OCH3 is 5. The Morgan fingerprint density at radius 2 is 1.50 bits per heavy atom. The molecule has 0 heterocycles. The van der Waals surface area contributed by atoms with Gasteiger partial charge in [0.25, 0.3) is 0 Å². The lowest BCUT2D eigenvalue weighted by Crippen LogP contribution is -2.16. The molecule has 0 aliphatic heterocycles. The third kappa shape index (κ3) is 4.11. The van der Waals surface area contributed by atoms with Crippen LogP contribution in [0.3, 0.4) is 0 Å². The van der Waals surface area contributed by atoms with E-state index in [0.29, 0.717) is 23.8 Å². The van der Waals surface area contributed by atoms with E-state index in [1.54, 1.807) is 41.8 Å². The van der Waals surface area contributed by atoms with Gasteiger partial charge in [-0.15, -0.1) is 0 Å². The fraction of sp³-hybridized carbons (Fsp3) is 0.500. The highest BCUT2D eigenvalue weighted by Crippen LogP contribution is 2.37. The van der Waals surface area contributed by atoms with E-state index >= 15 is 0 Å². The first-order chi connectivity index (χ1) is 9.69. The van der Waals surface area contributed by atoms with Gasteiger partial charge in [-0.1, -0.05) is 0 Å². The van der Waals surface area contributed by atoms with E-state index in [1.807, 2.05) is 12.1 Å². The SMILES string of the molecule is COc1cc(C=NCC(OC)OC)cc(OC)c1OC. The smallest absolute Gasteiger partial charge is 0.203 e. The minimum Gasteiger partial charge on any atom is -0.493 e. The predicted molar refractivity (Wildman–Crippen MR) is 76.4 cm³/mol. The Morgan fingerprint density at radius 1 is 0.950 bits per heavy atom. The predicted octanol–water partition coefficient (Wildman–Crippen LogP) is 1.75. The molecule has 1 aromatic carbocycles. The Hall–Kier alpha value is -1.79. The fourth-order valence-corrected chi connectivity index (χ4v) is 1.67. The molecule has 0 aromatic heterocycles. The number of hydrogen-bond donors (Lipinski definition) is 0. The first-order valence-electron chi connectivity index (χ1n) is 6.05. The average Bonchev–Trinajstić information content (AvgIpc) is 2.50. The summed E-state index contributed by atoms with van der Waals surface area (Å²) in [5.74, 6) is 1.73. The van der Waals surface area contributed by atoms with Crippen LogP contribution in [0, 0.1) is 0 Å². The highest BCUT2D eigenvalue weighted by Gasteiger charge is 2.12. The topological polar surface area (TPSA) is 58.5 Å². The molecule has 6 heteroatoms. The molecule has 0 N–H and O–H groups in total. The molecule has 0 spiro atoms. The third-order valence-electron chi connectivity index (χ3n) is 2.71. The minimum atomic E-state index is -0.353. The van der Waals surface area contributed by atoms with Crippen LogP contribution < -0.4 is 14.2 Å². The van der Waals surface area contributed by atoms with E-state index in [2.05, 4.69) is 4.99 Å². The Labute approximate surface area is 119 Å². The van der Waals surface area contributed by atoms with Crippen molar-refractivity contribution in [1.29, 1.82) is 0 Å². The zero-order valence-electron chi connectivity index (χ0n) is 12.5. The highest BCUT2D eigenvalue weighted by molar-refractivity contribution is 5.82. The van der Waals surface area contributed by atoms with Gasteiger partial charge in [-0.2, -0.15) is 0 Å². The summed E-state index contributed by atoms with van der Waals surface area (Å²) in [6.45, 7) is 0.406. The third-order valence-corrected chi connectivity index (χ3v) is 2.71. The first kappa shape index (κ1) is 16.3. The van der Waals surface area contributed by atoms with Crippen LogP contribution in [-0.2, 0) is 9.47 Å². The lowest BCUT2D eigenvalue weighted by Gasteiger charge is -2.13. The second-order valence-corrected chi connectivity index (χ2v) is 3.85. The van der Waals surface area contributed by atoms with E-state index in [-0.39, 0.29) is 6.29 Å². The number of aliphatic imine (C=N–C) groups is 1. The van der Waals surface area contributed by atoms with Gasteiger partial charge in [0.05, 0.1) is 27.9 Å². The van der Waals surface area contributed by atoms with Crippen LogP contribution in [0.1, 0.15) is 5.56 Å². The van der Waals surface area contributed by atoms with Crippen LogP contribution in [0.25, 0.3) is 0 Å². The summed E-state index contributed by atoms with van der Waals surface area (Å²) < 4.78 is 25.9. The number of rotatable bonds is 8. The average molecular weight is 283 g/mol. The molecule has 20 heavy (non-hydrogen) atoms. The Kier molecular flexibility index (Phi) is 6.83. The van der Waals surface area contributed by atoms with Gasteiger partial charge in [0.2, 0.25) is 5.75 Å². The quantitative estimate of drug-likeness (QED) is 0.537. The fourth-order valence-electron chi connectivity index (χ4n) is 1.67. The van der Waals surface area contributed by atoms with Crippen LogP contribution in [0.15, 0.2) is 17.1 Å². The Balaban J connectivity index is 2.93. The number of hydrogen-bond acceptors (Lipinski definition) is 6. The van der Waals surface area contributed by atoms with Crippen molar-refractivity contribution < 1.29 is 23.7 Å². The Morgan fingerprint density at radius 3 is 1.90 bits per heavy atom. The maximum absolute atomic E-state index is 5.27. The molecule has 0 radical (unpaired) electrons. The van der Waals surface area contributed by atoms with Gasteiger partial charge in [0.15, 0.2) is 17.8 Å². The molecular weight excluding hydrogens is 262 g/mol. The van der Waals surface area contributed by atoms with Gasteiger partial charge < -0.3 is 23.7 Å². The molecule has 0 aliphatic rings. The van der Waals surface area contributed by atoms with Crippen molar-refractivity contribution in [2.24, 2.45) is 4.99 Å². The second-order valence-electron chi connectivity index (χ2n) is 3.85. The van der Waals surface area contributed by atoms with Crippen LogP contribution in [0.5, 0.6) is 17.2 Å². The van der Waals surface area contributed by atoms with Gasteiger partial charge in [-0.05, 0) is 17.7 Å². The zero-order valence-corrected chi connectivity index (χ0v) is 12.5. The standard InChI is InChI=1S/C14H21NO5/c1-16-11-6-10(7-12(17-2)14(11)20-5)8-15-9-13(18-3)19-4/h6-8,13H,9H2,1-5H3. The molecule has 112 valence electrons. The normalized spacial score (nSPS) is 11.1. The Bertz CT molecular complexity index is 418. The van der Waals surface area contributed by atoms with Crippen molar-refractivity contribution in [3.63, 3.8) is 0 Å². The molecule has 1 rings (SSSR count). The number of benzene rings is 1. The van der Waals surface area contributed by atoms with Crippen molar-refractivity contribution >= 4 is 6.21 Å². The van der Waals surface area contributed by atoms with Crippen molar-refractivity contribution in [1.82, 2.24) is 0 Å². The molecule has 0 bridgehead atoms. The van der Waals surface area contributed by atoms with Crippen LogP contribution >= 0.6 is 0 Å². The van der Waals surface area contributed by atoms with Crippen LogP contribution in [0.4, 0.5) is 0 Å². The first-order valence-corrected chi connectivity index (χ1v) is 6.05. The molecule has 6 nitrogen and oxygen atoms in total. The van der Waals surface area contributed by atoms with Crippen molar-refractivity contribution in [3.05, 3.63) is 17.7 Å². The van der Waals surface area contributed by atoms with Gasteiger partial charge in [-0.3, -0.25) is 4.99 Å². The largest absolute Gasteiger partial charge is 0.493 e. The summed E-state index contributed by atoms with van der Waals surface area (Å²) in [7, 11) is 7.86. The zero-order chi connectivity index (χ0) is 15.0. The van der Waals surface area contributed by atoms with Crippen molar-refractivity contribution in [2.75, 3.05) is 42.1 Å². The lowest BCUT2D eigenvalue weighted by atomic mass is 10.2. The molecule has 0 saturated heterocycles. The van der Waals surface area contributed by atoms with Crippen molar-refractivity contribution in [2.45, 2.75) is 6.29 Å². The van der Waals surface area contributed by atoms with E-state index in [1.165, 1.54) is 0 Å². The van der Waals surface area contributed by atoms with Gasteiger partial charge >= 0.3 is 0 Å². The summed E-state index contributed by atoms with van der Waals surface area (Å²) in [5, 5.41) is 0. The molecule has 0 unspecified atom stereocenters. The summed E-state index contributed by atoms with van der Waals surface area (Å²) in [6, 6.07) is 3.64. The molecule has 0 aliphatic carbocycles. The minimum absolute atomic E-state index is 0.353. The molecule has 1 aromatic rings. The van der Waals surface area contributed by atoms with Gasteiger partial charge in [-0.25, -0.2) is 0 Å². The maximum atomic E-state index is 5.27. The van der Waals surface area contributed by atoms with E-state index in [9.17, 15) is 0 Å².